The lowest BCUT2D eigenvalue weighted by atomic mass is 9.78. The second-order valence-electron chi connectivity index (χ2n) is 13.5. The standard InChI is InChI=1S/C36H37F7N4O5S/c1-2-5-27-34(52-24-19-28(53-20-24)36(41,42)43,12-4-14-46(27)31(49)29-26(35(38,39)40)6-3-13-44-29)33(51)47-17-9-21-7-8-22(37)18-25(21)30(47)32(50)45-15-10-23(48)11-16-45/h3,6-8,13,18-20,23,27,30,48H,2,4-5,9-12,14-17H2,1H3/t27-,30-,34+/m1/s1. The average Bonchev–Trinajstić information content (AvgIpc) is 3.60. The van der Waals surface area contributed by atoms with Gasteiger partial charge in [-0.1, -0.05) is 19.4 Å². The summed E-state index contributed by atoms with van der Waals surface area (Å²) in [5, 5.41) is 11.2. The molecule has 1 N–H and O–H groups in total. The van der Waals surface area contributed by atoms with E-state index in [0.29, 0.717) is 29.0 Å². The van der Waals surface area contributed by atoms with Crippen molar-refractivity contribution in [3.63, 3.8) is 0 Å². The Kier molecular flexibility index (Phi) is 10.8. The van der Waals surface area contributed by atoms with Crippen LogP contribution in [-0.4, -0.2) is 86.4 Å². The van der Waals surface area contributed by atoms with Gasteiger partial charge in [-0.25, -0.2) is 4.39 Å². The number of halogens is 7. The van der Waals surface area contributed by atoms with Crippen LogP contribution in [0.15, 0.2) is 48.0 Å². The van der Waals surface area contributed by atoms with Crippen molar-refractivity contribution in [3.05, 3.63) is 81.1 Å². The normalized spacial score (nSPS) is 22.8. The van der Waals surface area contributed by atoms with Gasteiger partial charge in [0.25, 0.3) is 11.8 Å². The minimum absolute atomic E-state index is 0.0101. The predicted octanol–water partition coefficient (Wildman–Crippen LogP) is 6.65. The van der Waals surface area contributed by atoms with Gasteiger partial charge in [-0.3, -0.25) is 19.4 Å². The molecule has 2 fully saturated rings. The monoisotopic (exact) mass is 770 g/mol. The smallest absolute Gasteiger partial charge is 0.425 e. The van der Waals surface area contributed by atoms with Gasteiger partial charge in [0.15, 0.2) is 0 Å². The number of fused-ring (bicyclic) bond motifs is 1. The highest BCUT2D eigenvalue weighted by molar-refractivity contribution is 7.10. The first-order valence-corrected chi connectivity index (χ1v) is 18.2. The number of amides is 3. The summed E-state index contributed by atoms with van der Waals surface area (Å²) >= 11 is 0.318. The minimum Gasteiger partial charge on any atom is -0.474 e. The largest absolute Gasteiger partial charge is 0.474 e. The van der Waals surface area contributed by atoms with Crippen molar-refractivity contribution in [3.8, 4) is 5.75 Å². The minimum atomic E-state index is -4.96. The van der Waals surface area contributed by atoms with Crippen molar-refractivity contribution in [2.45, 2.75) is 88.0 Å². The van der Waals surface area contributed by atoms with Crippen LogP contribution in [0.4, 0.5) is 30.7 Å². The lowest BCUT2D eigenvalue weighted by Gasteiger charge is -2.51. The van der Waals surface area contributed by atoms with Crippen LogP contribution in [0.3, 0.4) is 0 Å². The molecule has 0 bridgehead atoms. The van der Waals surface area contributed by atoms with E-state index in [2.05, 4.69) is 4.98 Å². The summed E-state index contributed by atoms with van der Waals surface area (Å²) in [5.74, 6) is -3.63. The van der Waals surface area contributed by atoms with Crippen molar-refractivity contribution in [1.29, 1.82) is 0 Å². The Morgan fingerprint density at radius 3 is 2.40 bits per heavy atom. The van der Waals surface area contributed by atoms with Crippen LogP contribution < -0.4 is 4.74 Å². The molecule has 3 aromatic rings. The fraction of sp³-hybridized carbons (Fsp3) is 0.500. The van der Waals surface area contributed by atoms with Crippen LogP contribution in [-0.2, 0) is 28.4 Å². The molecule has 2 saturated heterocycles. The van der Waals surface area contributed by atoms with Gasteiger partial charge < -0.3 is 24.5 Å². The van der Waals surface area contributed by atoms with Crippen LogP contribution in [0.5, 0.6) is 5.75 Å². The predicted molar refractivity (Wildman–Crippen MR) is 177 cm³/mol. The zero-order chi connectivity index (χ0) is 38.3. The molecule has 9 nitrogen and oxygen atoms in total. The van der Waals surface area contributed by atoms with Gasteiger partial charge in [0, 0.05) is 50.2 Å². The number of ether oxygens (including phenoxy) is 1. The molecule has 2 aromatic heterocycles. The summed E-state index contributed by atoms with van der Waals surface area (Å²) < 4.78 is 105. The highest BCUT2D eigenvalue weighted by Crippen LogP contribution is 2.44. The number of nitrogens with zero attached hydrogens (tertiary/aromatic N) is 4. The molecule has 0 saturated carbocycles. The van der Waals surface area contributed by atoms with Gasteiger partial charge in [-0.2, -0.15) is 26.3 Å². The molecule has 1 aromatic carbocycles. The van der Waals surface area contributed by atoms with Crippen LogP contribution in [0.1, 0.15) is 83.5 Å². The van der Waals surface area contributed by atoms with Crippen LogP contribution in [0.25, 0.3) is 0 Å². The zero-order valence-electron chi connectivity index (χ0n) is 28.6. The number of hydrogen-bond donors (Lipinski definition) is 1. The number of hydrogen-bond acceptors (Lipinski definition) is 7. The van der Waals surface area contributed by atoms with Gasteiger partial charge >= 0.3 is 12.4 Å². The lowest BCUT2D eigenvalue weighted by molar-refractivity contribution is -0.166. The maximum atomic E-state index is 15.4. The molecule has 3 aliphatic heterocycles. The number of benzene rings is 1. The Hall–Kier alpha value is -4.25. The number of thiophene rings is 1. The first kappa shape index (κ1) is 38.5. The van der Waals surface area contributed by atoms with Gasteiger partial charge in [-0.05, 0) is 67.5 Å². The van der Waals surface area contributed by atoms with E-state index >= 15 is 4.79 Å². The molecule has 286 valence electrons. The number of alkyl halides is 6. The second kappa shape index (κ2) is 14.9. The Morgan fingerprint density at radius 1 is 1.00 bits per heavy atom. The fourth-order valence-electron chi connectivity index (χ4n) is 7.65. The summed E-state index contributed by atoms with van der Waals surface area (Å²) in [4.78, 5) is 50.4. The van der Waals surface area contributed by atoms with Crippen molar-refractivity contribution in [1.82, 2.24) is 19.7 Å². The zero-order valence-corrected chi connectivity index (χ0v) is 29.4. The van der Waals surface area contributed by atoms with E-state index in [0.717, 1.165) is 28.6 Å². The third kappa shape index (κ3) is 7.59. The Bertz CT molecular complexity index is 1840. The molecule has 0 radical (unpaired) electrons. The number of pyridine rings is 1. The molecule has 0 aliphatic carbocycles. The number of rotatable bonds is 7. The van der Waals surface area contributed by atoms with E-state index in [9.17, 15) is 45.4 Å². The number of carbonyl (C=O) groups excluding carboxylic acids is 3. The number of aliphatic hydroxyl groups excluding tert-OH is 1. The molecule has 0 spiro atoms. The number of carbonyl (C=O) groups is 3. The van der Waals surface area contributed by atoms with Crippen molar-refractivity contribution < 1.29 is 55.0 Å². The van der Waals surface area contributed by atoms with Gasteiger partial charge in [0.1, 0.15) is 28.2 Å². The van der Waals surface area contributed by atoms with Gasteiger partial charge in [0.05, 0.1) is 17.7 Å². The molecule has 6 rings (SSSR count). The third-order valence-electron chi connectivity index (χ3n) is 10.1. The van der Waals surface area contributed by atoms with Crippen molar-refractivity contribution in [2.24, 2.45) is 0 Å². The summed E-state index contributed by atoms with van der Waals surface area (Å²) in [6, 6.07) is 3.60. The van der Waals surface area contributed by atoms with E-state index < -0.39 is 75.8 Å². The SMILES string of the molecule is CCC[C@H]1N(C(=O)c2ncccc2C(F)(F)F)CCC[C@@]1(Oc1csc(C(F)(F)F)c1)C(=O)N1CCc2ccc(F)cc2[C@@H]1C(=O)N1CCC(O)CC1. The quantitative estimate of drug-likeness (QED) is 0.270. The Morgan fingerprint density at radius 2 is 1.74 bits per heavy atom. The van der Waals surface area contributed by atoms with Crippen molar-refractivity contribution >= 4 is 29.1 Å². The first-order chi connectivity index (χ1) is 25.0. The third-order valence-corrected chi connectivity index (χ3v) is 11.1. The van der Waals surface area contributed by atoms with Crippen LogP contribution in [0.2, 0.25) is 0 Å². The summed E-state index contributed by atoms with van der Waals surface area (Å²) in [7, 11) is 0. The molecule has 53 heavy (non-hydrogen) atoms. The number of aliphatic hydroxyl groups is 1. The maximum absolute atomic E-state index is 15.4. The number of likely N-dealkylation sites (tertiary alicyclic amines) is 2. The first-order valence-electron chi connectivity index (χ1n) is 17.3. The molecule has 17 heteroatoms. The van der Waals surface area contributed by atoms with Crippen LogP contribution in [0, 0.1) is 5.82 Å². The fourth-order valence-corrected chi connectivity index (χ4v) is 8.33. The molecule has 5 heterocycles. The van der Waals surface area contributed by atoms with E-state index in [1.165, 1.54) is 21.9 Å². The number of piperidine rings is 2. The molecular formula is C36H37F7N4O5S. The van der Waals surface area contributed by atoms with E-state index in [1.54, 1.807) is 6.92 Å². The maximum Gasteiger partial charge on any atom is 0.425 e. The lowest BCUT2D eigenvalue weighted by Crippen LogP contribution is -2.69. The highest BCUT2D eigenvalue weighted by Gasteiger charge is 2.58. The molecular weight excluding hydrogens is 733 g/mol. The van der Waals surface area contributed by atoms with E-state index in [-0.39, 0.29) is 82.4 Å². The number of aromatic nitrogens is 1. The topological polar surface area (TPSA) is 103 Å². The van der Waals surface area contributed by atoms with Crippen LogP contribution >= 0.6 is 11.3 Å². The molecule has 0 unspecified atom stereocenters. The van der Waals surface area contributed by atoms with E-state index in [1.807, 2.05) is 0 Å². The summed E-state index contributed by atoms with van der Waals surface area (Å²) in [6.07, 6.45) is -8.58. The summed E-state index contributed by atoms with van der Waals surface area (Å²) in [6.45, 7) is 1.77. The Balaban J connectivity index is 1.49. The van der Waals surface area contributed by atoms with Gasteiger partial charge in [-0.15, -0.1) is 11.3 Å². The average molecular weight is 771 g/mol. The summed E-state index contributed by atoms with van der Waals surface area (Å²) in [5.41, 5.74) is -3.62. The molecule has 3 amide bonds. The highest BCUT2D eigenvalue weighted by atomic mass is 32.1. The second-order valence-corrected chi connectivity index (χ2v) is 14.4. The van der Waals surface area contributed by atoms with Gasteiger partial charge in [0.2, 0.25) is 11.5 Å². The Labute approximate surface area is 304 Å². The molecule has 3 aliphatic rings. The van der Waals surface area contributed by atoms with Crippen molar-refractivity contribution in [2.75, 3.05) is 26.2 Å². The van der Waals surface area contributed by atoms with E-state index in [4.69, 9.17) is 4.74 Å². The molecule has 3 atom stereocenters.